The van der Waals surface area contributed by atoms with Crippen LogP contribution in [0.25, 0.3) is 5.00 Å². The molecule has 3 heterocycles. The Hall–Kier alpha value is -2.27. The van der Waals surface area contributed by atoms with Crippen molar-refractivity contribution >= 4 is 17.0 Å². The maximum atomic E-state index is 4.99. The highest BCUT2D eigenvalue weighted by Gasteiger charge is 2.26. The molecule has 0 fully saturated rings. The largest absolute Gasteiger partial charge is 0.276 e. The Morgan fingerprint density at radius 1 is 1.15 bits per heavy atom. The van der Waals surface area contributed by atoms with Gasteiger partial charge in [-0.05, 0) is 44.2 Å². The Labute approximate surface area is 158 Å². The standard InChI is InChI=1S/C21H24N4S/c1-12(2)16-7-6-8-17(10-9-16)20-19-13(3)14(4)26-21(19)25-15(5)23-24-18(25)11-22-20/h6-8,10,12H,9,11H2,1-5H3. The fourth-order valence-corrected chi connectivity index (χ4v) is 4.75. The predicted molar refractivity (Wildman–Crippen MR) is 108 cm³/mol. The van der Waals surface area contributed by atoms with Gasteiger partial charge in [-0.1, -0.05) is 43.7 Å². The second-order valence-electron chi connectivity index (χ2n) is 7.25. The minimum Gasteiger partial charge on any atom is -0.276 e. The fourth-order valence-electron chi connectivity index (χ4n) is 3.53. The Bertz CT molecular complexity index is 996. The summed E-state index contributed by atoms with van der Waals surface area (Å²) in [6.45, 7) is 11.5. The van der Waals surface area contributed by atoms with E-state index in [-0.39, 0.29) is 0 Å². The van der Waals surface area contributed by atoms with Crippen LogP contribution in [0.5, 0.6) is 0 Å². The fraction of sp³-hybridized carbons (Fsp3) is 0.381. The van der Waals surface area contributed by atoms with Crippen molar-refractivity contribution < 1.29 is 0 Å². The molecular weight excluding hydrogens is 340 g/mol. The molecule has 26 heavy (non-hydrogen) atoms. The van der Waals surface area contributed by atoms with E-state index in [1.54, 1.807) is 0 Å². The van der Waals surface area contributed by atoms with Gasteiger partial charge < -0.3 is 0 Å². The van der Waals surface area contributed by atoms with E-state index in [0.717, 1.165) is 23.8 Å². The van der Waals surface area contributed by atoms with Crippen molar-refractivity contribution in [3.05, 3.63) is 63.1 Å². The summed E-state index contributed by atoms with van der Waals surface area (Å²) in [7, 11) is 0. The van der Waals surface area contributed by atoms with E-state index < -0.39 is 0 Å². The van der Waals surface area contributed by atoms with Crippen molar-refractivity contribution in [3.8, 4) is 5.00 Å². The zero-order valence-corrected chi connectivity index (χ0v) is 16.8. The van der Waals surface area contributed by atoms with Gasteiger partial charge in [0.15, 0.2) is 5.82 Å². The van der Waals surface area contributed by atoms with E-state index in [2.05, 4.69) is 66.8 Å². The first-order valence-electron chi connectivity index (χ1n) is 9.11. The summed E-state index contributed by atoms with van der Waals surface area (Å²) in [4.78, 5) is 6.31. The number of hydrogen-bond donors (Lipinski definition) is 0. The number of hydrogen-bond acceptors (Lipinski definition) is 4. The molecule has 0 bridgehead atoms. The second-order valence-corrected chi connectivity index (χ2v) is 8.45. The molecule has 5 heteroatoms. The Kier molecular flexibility index (Phi) is 4.27. The van der Waals surface area contributed by atoms with E-state index >= 15 is 0 Å². The van der Waals surface area contributed by atoms with Crippen LogP contribution in [-0.4, -0.2) is 20.5 Å². The van der Waals surface area contributed by atoms with Gasteiger partial charge in [0.1, 0.15) is 17.4 Å². The van der Waals surface area contributed by atoms with Crippen molar-refractivity contribution in [1.82, 2.24) is 14.8 Å². The number of aliphatic imine (C=N–C) groups is 1. The van der Waals surface area contributed by atoms with Crippen LogP contribution in [0.2, 0.25) is 0 Å². The summed E-state index contributed by atoms with van der Waals surface area (Å²) in [6.07, 6.45) is 9.91. The van der Waals surface area contributed by atoms with Gasteiger partial charge in [0.05, 0.1) is 5.71 Å². The maximum Gasteiger partial charge on any atom is 0.160 e. The molecule has 0 unspecified atom stereocenters. The molecule has 0 N–H and O–H groups in total. The third-order valence-corrected chi connectivity index (χ3v) is 6.43. The third kappa shape index (κ3) is 2.71. The van der Waals surface area contributed by atoms with Crippen LogP contribution in [0.1, 0.15) is 47.9 Å². The number of thiophene rings is 1. The smallest absolute Gasteiger partial charge is 0.160 e. The maximum absolute atomic E-state index is 4.99. The average Bonchev–Trinajstić information content (AvgIpc) is 2.93. The first kappa shape index (κ1) is 17.2. The normalized spacial score (nSPS) is 16.5. The minimum atomic E-state index is 0.561. The number of allylic oxidation sites excluding steroid dienone is 6. The monoisotopic (exact) mass is 364 g/mol. The Morgan fingerprint density at radius 3 is 2.73 bits per heavy atom. The topological polar surface area (TPSA) is 43.1 Å². The zero-order chi connectivity index (χ0) is 18.4. The van der Waals surface area contributed by atoms with Crippen LogP contribution in [0.4, 0.5) is 0 Å². The van der Waals surface area contributed by atoms with Gasteiger partial charge in [0.25, 0.3) is 0 Å². The van der Waals surface area contributed by atoms with E-state index in [1.165, 1.54) is 32.2 Å². The Balaban J connectivity index is 1.86. The van der Waals surface area contributed by atoms with Gasteiger partial charge in [-0.15, -0.1) is 21.5 Å². The lowest BCUT2D eigenvalue weighted by molar-refractivity contribution is 0.748. The highest BCUT2D eigenvalue weighted by Crippen LogP contribution is 2.36. The van der Waals surface area contributed by atoms with Crippen LogP contribution in [-0.2, 0) is 6.54 Å². The molecular formula is C21H24N4S. The quantitative estimate of drug-likeness (QED) is 0.750. The second kappa shape index (κ2) is 6.47. The van der Waals surface area contributed by atoms with E-state index in [0.29, 0.717) is 12.5 Å². The molecule has 2 aromatic heterocycles. The van der Waals surface area contributed by atoms with Gasteiger partial charge in [-0.25, -0.2) is 0 Å². The lowest BCUT2D eigenvalue weighted by Crippen LogP contribution is -2.07. The SMILES string of the molecule is Cc1sc2c(c1C)C(C1=CCC(C(C)C)=CC=C1)=NCc1nnc(C)n1-2. The molecule has 1 aliphatic heterocycles. The lowest BCUT2D eigenvalue weighted by Gasteiger charge is -2.11. The van der Waals surface area contributed by atoms with Gasteiger partial charge >= 0.3 is 0 Å². The average molecular weight is 365 g/mol. The summed E-state index contributed by atoms with van der Waals surface area (Å²) in [6, 6.07) is 0. The number of aryl methyl sites for hydroxylation is 2. The molecule has 4 nitrogen and oxygen atoms in total. The van der Waals surface area contributed by atoms with Crippen molar-refractivity contribution in [2.24, 2.45) is 10.9 Å². The summed E-state index contributed by atoms with van der Waals surface area (Å²) in [5.41, 5.74) is 6.28. The first-order valence-corrected chi connectivity index (χ1v) is 9.92. The molecule has 2 aliphatic rings. The molecule has 1 aliphatic carbocycles. The first-order chi connectivity index (χ1) is 12.5. The van der Waals surface area contributed by atoms with Crippen LogP contribution >= 0.6 is 11.3 Å². The van der Waals surface area contributed by atoms with Crippen LogP contribution in [0.3, 0.4) is 0 Å². The summed E-state index contributed by atoms with van der Waals surface area (Å²) in [5, 5.41) is 9.82. The molecule has 134 valence electrons. The van der Waals surface area contributed by atoms with Gasteiger partial charge in [0, 0.05) is 10.4 Å². The van der Waals surface area contributed by atoms with E-state index in [4.69, 9.17) is 4.99 Å². The highest BCUT2D eigenvalue weighted by molar-refractivity contribution is 7.15. The van der Waals surface area contributed by atoms with Crippen LogP contribution in [0, 0.1) is 26.7 Å². The highest BCUT2D eigenvalue weighted by atomic mass is 32.1. The zero-order valence-electron chi connectivity index (χ0n) is 16.0. The summed E-state index contributed by atoms with van der Waals surface area (Å²) >= 11 is 1.81. The van der Waals surface area contributed by atoms with Crippen molar-refractivity contribution in [2.45, 2.75) is 47.6 Å². The summed E-state index contributed by atoms with van der Waals surface area (Å²) in [5.74, 6) is 2.40. The van der Waals surface area contributed by atoms with E-state index in [9.17, 15) is 0 Å². The molecule has 0 atom stereocenters. The van der Waals surface area contributed by atoms with Crippen molar-refractivity contribution in [1.29, 1.82) is 0 Å². The number of rotatable bonds is 2. The van der Waals surface area contributed by atoms with Gasteiger partial charge in [-0.3, -0.25) is 9.56 Å². The minimum absolute atomic E-state index is 0.561. The van der Waals surface area contributed by atoms with Gasteiger partial charge in [-0.2, -0.15) is 0 Å². The Morgan fingerprint density at radius 2 is 1.96 bits per heavy atom. The van der Waals surface area contributed by atoms with Crippen molar-refractivity contribution in [2.75, 3.05) is 0 Å². The molecule has 0 aromatic carbocycles. The lowest BCUT2D eigenvalue weighted by atomic mass is 9.97. The molecule has 0 amide bonds. The predicted octanol–water partition coefficient (Wildman–Crippen LogP) is 5.03. The number of fused-ring (bicyclic) bond motifs is 3. The molecule has 0 radical (unpaired) electrons. The van der Waals surface area contributed by atoms with Crippen molar-refractivity contribution in [3.63, 3.8) is 0 Å². The number of aromatic nitrogens is 3. The molecule has 0 saturated heterocycles. The number of nitrogens with zero attached hydrogens (tertiary/aromatic N) is 4. The molecule has 2 aromatic rings. The van der Waals surface area contributed by atoms with Crippen LogP contribution < -0.4 is 0 Å². The van der Waals surface area contributed by atoms with Gasteiger partial charge in [0.2, 0.25) is 0 Å². The molecule has 0 spiro atoms. The molecule has 4 rings (SSSR count). The third-order valence-electron chi connectivity index (χ3n) is 5.24. The van der Waals surface area contributed by atoms with Crippen LogP contribution in [0.15, 0.2) is 40.4 Å². The molecule has 0 saturated carbocycles. The van der Waals surface area contributed by atoms with E-state index in [1.807, 2.05) is 18.3 Å². The summed E-state index contributed by atoms with van der Waals surface area (Å²) < 4.78 is 2.18.